The van der Waals surface area contributed by atoms with Gasteiger partial charge in [-0.15, -0.1) is 11.3 Å². The second-order valence-corrected chi connectivity index (χ2v) is 8.09. The van der Waals surface area contributed by atoms with Crippen LogP contribution in [0.2, 0.25) is 0 Å². The fraction of sp³-hybridized carbons (Fsp3) is 0.444. The van der Waals surface area contributed by atoms with Crippen molar-refractivity contribution in [2.24, 2.45) is 0 Å². The number of nitrogens with one attached hydrogen (secondary N) is 2. The Bertz CT molecular complexity index is 675. The lowest BCUT2D eigenvalue weighted by molar-refractivity contribution is 0.262. The zero-order chi connectivity index (χ0) is 16.4. The third kappa shape index (κ3) is 3.91. The van der Waals surface area contributed by atoms with E-state index in [1.807, 2.05) is 12.1 Å². The van der Waals surface area contributed by atoms with Gasteiger partial charge in [0.05, 0.1) is 5.69 Å². The van der Waals surface area contributed by atoms with Crippen molar-refractivity contribution < 1.29 is 4.79 Å². The van der Waals surface area contributed by atoms with Crippen LogP contribution in [-0.2, 0) is 18.3 Å². The van der Waals surface area contributed by atoms with Gasteiger partial charge < -0.3 is 5.32 Å². The average molecular weight is 329 g/mol. The Morgan fingerprint density at radius 2 is 1.78 bits per heavy atom. The van der Waals surface area contributed by atoms with E-state index in [0.717, 1.165) is 24.2 Å². The van der Waals surface area contributed by atoms with Crippen molar-refractivity contribution >= 4 is 28.2 Å². The molecule has 0 spiro atoms. The minimum atomic E-state index is -0.236. The number of fused-ring (bicyclic) bond motifs is 1. The van der Waals surface area contributed by atoms with Crippen LogP contribution in [0.1, 0.15) is 49.7 Å². The van der Waals surface area contributed by atoms with Gasteiger partial charge in [0.25, 0.3) is 0 Å². The number of urea groups is 1. The third-order valence-corrected chi connectivity index (χ3v) is 5.15. The van der Waals surface area contributed by atoms with Gasteiger partial charge in [0, 0.05) is 10.6 Å². The molecule has 4 nitrogen and oxygen atoms in total. The summed E-state index contributed by atoms with van der Waals surface area (Å²) in [5, 5.41) is 6.41. The normalized spacial score (nSPS) is 14.2. The molecule has 0 saturated carbocycles. The minimum absolute atomic E-state index is 0.112. The number of rotatable bonds is 2. The van der Waals surface area contributed by atoms with Crippen LogP contribution in [0.4, 0.5) is 15.6 Å². The second kappa shape index (κ2) is 6.32. The smallest absolute Gasteiger partial charge is 0.308 e. The molecular formula is C18H23N3OS. The minimum Gasteiger partial charge on any atom is -0.308 e. The number of benzene rings is 1. The highest BCUT2D eigenvalue weighted by molar-refractivity contribution is 7.15. The van der Waals surface area contributed by atoms with Crippen molar-refractivity contribution in [2.45, 2.75) is 51.9 Å². The highest BCUT2D eigenvalue weighted by atomic mass is 32.1. The monoisotopic (exact) mass is 329 g/mol. The lowest BCUT2D eigenvalue weighted by Gasteiger charge is -2.19. The highest BCUT2D eigenvalue weighted by Crippen LogP contribution is 2.29. The number of hydrogen-bond acceptors (Lipinski definition) is 3. The summed E-state index contributed by atoms with van der Waals surface area (Å²) in [6.07, 6.45) is 4.54. The van der Waals surface area contributed by atoms with Gasteiger partial charge in [-0.05, 0) is 48.8 Å². The molecule has 0 radical (unpaired) electrons. The number of thiazole rings is 1. The van der Waals surface area contributed by atoms with Crippen molar-refractivity contribution in [3.63, 3.8) is 0 Å². The fourth-order valence-corrected chi connectivity index (χ4v) is 3.76. The summed E-state index contributed by atoms with van der Waals surface area (Å²) in [6.45, 7) is 6.52. The van der Waals surface area contributed by atoms with Crippen LogP contribution in [0.25, 0.3) is 0 Å². The number of aromatic nitrogens is 1. The molecule has 2 N–H and O–H groups in total. The molecule has 0 aliphatic heterocycles. The molecule has 2 aromatic rings. The first kappa shape index (κ1) is 16.0. The Labute approximate surface area is 141 Å². The lowest BCUT2D eigenvalue weighted by Crippen LogP contribution is -2.19. The predicted molar refractivity (Wildman–Crippen MR) is 96.5 cm³/mol. The Kier molecular flexibility index (Phi) is 4.39. The molecule has 0 bridgehead atoms. The second-order valence-electron chi connectivity index (χ2n) is 7.00. The van der Waals surface area contributed by atoms with E-state index in [-0.39, 0.29) is 11.4 Å². The molecule has 0 unspecified atom stereocenters. The molecule has 2 amide bonds. The summed E-state index contributed by atoms with van der Waals surface area (Å²) < 4.78 is 0. The lowest BCUT2D eigenvalue weighted by atomic mass is 9.87. The first-order chi connectivity index (χ1) is 10.9. The van der Waals surface area contributed by atoms with Crippen LogP contribution in [-0.4, -0.2) is 11.0 Å². The van der Waals surface area contributed by atoms with Gasteiger partial charge in [-0.1, -0.05) is 32.9 Å². The molecule has 1 aromatic carbocycles. The standard InChI is InChI=1S/C18H23N3OS/c1-18(2,3)12-8-10-13(11-9-12)19-16(22)21-17-20-14-6-4-5-7-15(14)23-17/h8-11H,4-7H2,1-3H3,(H2,19,20,21,22). The first-order valence-corrected chi connectivity index (χ1v) is 8.90. The van der Waals surface area contributed by atoms with Gasteiger partial charge in [0.15, 0.2) is 5.13 Å². The van der Waals surface area contributed by atoms with Crippen LogP contribution < -0.4 is 10.6 Å². The van der Waals surface area contributed by atoms with E-state index >= 15 is 0 Å². The van der Waals surface area contributed by atoms with Crippen LogP contribution in [0, 0.1) is 0 Å². The first-order valence-electron chi connectivity index (χ1n) is 8.09. The van der Waals surface area contributed by atoms with E-state index in [4.69, 9.17) is 0 Å². The molecule has 23 heavy (non-hydrogen) atoms. The molecule has 0 saturated heterocycles. The van der Waals surface area contributed by atoms with Crippen LogP contribution in [0.5, 0.6) is 0 Å². The average Bonchev–Trinajstić information content (AvgIpc) is 2.88. The molecule has 1 aliphatic carbocycles. The maximum Gasteiger partial charge on any atom is 0.325 e. The van der Waals surface area contributed by atoms with Gasteiger partial charge in [0.2, 0.25) is 0 Å². The molecular weight excluding hydrogens is 306 g/mol. The molecule has 0 atom stereocenters. The van der Waals surface area contributed by atoms with Gasteiger partial charge >= 0.3 is 6.03 Å². The Hall–Kier alpha value is -1.88. The van der Waals surface area contributed by atoms with Crippen molar-refractivity contribution in [3.05, 3.63) is 40.4 Å². The number of carbonyl (C=O) groups excluding carboxylic acids is 1. The highest BCUT2D eigenvalue weighted by Gasteiger charge is 2.17. The van der Waals surface area contributed by atoms with Crippen LogP contribution >= 0.6 is 11.3 Å². The summed E-state index contributed by atoms with van der Waals surface area (Å²) in [4.78, 5) is 18.0. The van der Waals surface area contributed by atoms with E-state index in [1.54, 1.807) is 11.3 Å². The van der Waals surface area contributed by atoms with E-state index in [0.29, 0.717) is 5.13 Å². The Morgan fingerprint density at radius 1 is 1.09 bits per heavy atom. The molecule has 1 heterocycles. The number of hydrogen-bond donors (Lipinski definition) is 2. The number of nitrogens with zero attached hydrogens (tertiary/aromatic N) is 1. The van der Waals surface area contributed by atoms with Crippen molar-refractivity contribution in [2.75, 3.05) is 10.6 Å². The third-order valence-electron chi connectivity index (χ3n) is 4.07. The topological polar surface area (TPSA) is 54.0 Å². The molecule has 0 fully saturated rings. The van der Waals surface area contributed by atoms with Gasteiger partial charge in [-0.25, -0.2) is 9.78 Å². The Balaban J connectivity index is 1.62. The number of aryl methyl sites for hydroxylation is 2. The zero-order valence-corrected chi connectivity index (χ0v) is 14.7. The molecule has 1 aliphatic rings. The van der Waals surface area contributed by atoms with Crippen molar-refractivity contribution in [1.29, 1.82) is 0 Å². The van der Waals surface area contributed by atoms with E-state index in [2.05, 4.69) is 48.5 Å². The molecule has 5 heteroatoms. The SMILES string of the molecule is CC(C)(C)c1ccc(NC(=O)Nc2nc3c(s2)CCCC3)cc1. The summed E-state index contributed by atoms with van der Waals surface area (Å²) in [6, 6.07) is 7.75. The molecule has 3 rings (SSSR count). The molecule has 1 aromatic heterocycles. The van der Waals surface area contributed by atoms with Crippen molar-refractivity contribution in [1.82, 2.24) is 4.98 Å². The van der Waals surface area contributed by atoms with E-state index < -0.39 is 0 Å². The number of carbonyl (C=O) groups is 1. The predicted octanol–water partition coefficient (Wildman–Crippen LogP) is 4.96. The van der Waals surface area contributed by atoms with Gasteiger partial charge in [0.1, 0.15) is 0 Å². The van der Waals surface area contributed by atoms with Crippen LogP contribution in [0.15, 0.2) is 24.3 Å². The van der Waals surface area contributed by atoms with E-state index in [1.165, 1.54) is 23.3 Å². The summed E-state index contributed by atoms with van der Waals surface area (Å²) in [7, 11) is 0. The largest absolute Gasteiger partial charge is 0.325 e. The number of anilines is 2. The summed E-state index contributed by atoms with van der Waals surface area (Å²) in [5.74, 6) is 0. The molecule has 122 valence electrons. The maximum atomic E-state index is 12.1. The van der Waals surface area contributed by atoms with Crippen LogP contribution in [0.3, 0.4) is 0 Å². The fourth-order valence-electron chi connectivity index (χ4n) is 2.72. The Morgan fingerprint density at radius 3 is 2.43 bits per heavy atom. The van der Waals surface area contributed by atoms with Gasteiger partial charge in [-0.2, -0.15) is 0 Å². The zero-order valence-electron chi connectivity index (χ0n) is 13.9. The maximum absolute atomic E-state index is 12.1. The van der Waals surface area contributed by atoms with Crippen molar-refractivity contribution in [3.8, 4) is 0 Å². The number of amides is 2. The summed E-state index contributed by atoms with van der Waals surface area (Å²) >= 11 is 1.60. The van der Waals surface area contributed by atoms with E-state index in [9.17, 15) is 4.79 Å². The van der Waals surface area contributed by atoms with Gasteiger partial charge in [-0.3, -0.25) is 5.32 Å². The summed E-state index contributed by atoms with van der Waals surface area (Å²) in [5.41, 5.74) is 3.31. The quantitative estimate of drug-likeness (QED) is 0.818.